The summed E-state index contributed by atoms with van der Waals surface area (Å²) in [6.45, 7) is 4.06. The van der Waals surface area contributed by atoms with E-state index in [1.54, 1.807) is 0 Å². The second-order valence-electron chi connectivity index (χ2n) is 8.46. The van der Waals surface area contributed by atoms with Gasteiger partial charge >= 0.3 is 0 Å². The lowest BCUT2D eigenvalue weighted by Gasteiger charge is -2.32. The van der Waals surface area contributed by atoms with Crippen molar-refractivity contribution in [2.24, 2.45) is 0 Å². The van der Waals surface area contributed by atoms with Crippen LogP contribution in [0.5, 0.6) is 0 Å². The first kappa shape index (κ1) is 20.4. The van der Waals surface area contributed by atoms with Crippen LogP contribution in [-0.2, 0) is 11.3 Å². The summed E-state index contributed by atoms with van der Waals surface area (Å²) in [4.78, 5) is 18.0. The number of H-pyrrole nitrogens is 1. The lowest BCUT2D eigenvalue weighted by Crippen LogP contribution is -2.47. The number of hydrogen-bond acceptors (Lipinski definition) is 3. The number of nitrogens with one attached hydrogen (secondary N) is 2. The van der Waals surface area contributed by atoms with Crippen LogP contribution in [-0.4, -0.2) is 40.3 Å². The van der Waals surface area contributed by atoms with Crippen LogP contribution in [0.3, 0.4) is 0 Å². The quantitative estimate of drug-likeness (QED) is 0.725. The maximum absolute atomic E-state index is 12.8. The van der Waals surface area contributed by atoms with E-state index in [1.165, 1.54) is 32.1 Å². The molecule has 2 aromatic rings. The van der Waals surface area contributed by atoms with Crippen molar-refractivity contribution in [3.63, 3.8) is 0 Å². The van der Waals surface area contributed by atoms with Gasteiger partial charge in [-0.25, -0.2) is 0 Å². The molecule has 0 amide bonds. The van der Waals surface area contributed by atoms with Gasteiger partial charge in [-0.05, 0) is 61.8 Å². The van der Waals surface area contributed by atoms with E-state index in [4.69, 9.17) is 17.0 Å². The average molecular weight is 414 g/mol. The third-order valence-electron chi connectivity index (χ3n) is 6.19. The minimum Gasteiger partial charge on any atom is -0.376 e. The molecule has 2 aliphatic rings. The fourth-order valence-corrected chi connectivity index (χ4v) is 4.82. The fourth-order valence-electron chi connectivity index (χ4n) is 4.52. The summed E-state index contributed by atoms with van der Waals surface area (Å²) in [5.74, 6) is 0. The summed E-state index contributed by atoms with van der Waals surface area (Å²) in [7, 11) is 0. The Morgan fingerprint density at radius 3 is 2.83 bits per heavy atom. The number of thiocarbonyl (C=S) groups is 1. The van der Waals surface area contributed by atoms with Crippen LogP contribution < -0.4 is 10.9 Å². The lowest BCUT2D eigenvalue weighted by atomic mass is 9.96. The Bertz CT molecular complexity index is 914. The number of rotatable bonds is 5. The highest BCUT2D eigenvalue weighted by Gasteiger charge is 2.24. The molecule has 1 aromatic carbocycles. The smallest absolute Gasteiger partial charge is 0.253 e. The molecule has 2 N–H and O–H groups in total. The molecular formula is C23H31N3O2S. The molecule has 0 radical (unpaired) electrons. The van der Waals surface area contributed by atoms with Crippen LogP contribution in [0.2, 0.25) is 0 Å². The summed E-state index contributed by atoms with van der Waals surface area (Å²) in [5, 5.41) is 5.37. The second-order valence-corrected chi connectivity index (χ2v) is 8.85. The number of ether oxygens (including phenoxy) is 1. The van der Waals surface area contributed by atoms with Crippen LogP contribution in [0.15, 0.2) is 29.1 Å². The SMILES string of the molecule is Cc1cccc2cc(CN(C[C@@H]3CCCO3)C(=S)NC3CCCCC3)c(=O)[nH]c12. The van der Waals surface area contributed by atoms with Crippen molar-refractivity contribution < 1.29 is 4.74 Å². The minimum atomic E-state index is -0.0374. The Labute approximate surface area is 177 Å². The molecule has 1 saturated heterocycles. The maximum atomic E-state index is 12.8. The number of fused-ring (bicyclic) bond motifs is 1. The lowest BCUT2D eigenvalue weighted by molar-refractivity contribution is 0.0894. The molecule has 5 nitrogen and oxygen atoms in total. The first-order valence-corrected chi connectivity index (χ1v) is 11.3. The van der Waals surface area contributed by atoms with Gasteiger partial charge < -0.3 is 19.9 Å². The average Bonchev–Trinajstić information content (AvgIpc) is 3.23. The van der Waals surface area contributed by atoms with Gasteiger partial charge in [-0.2, -0.15) is 0 Å². The van der Waals surface area contributed by atoms with Crippen molar-refractivity contribution in [2.45, 2.75) is 70.6 Å². The molecule has 1 atom stereocenters. The van der Waals surface area contributed by atoms with E-state index in [0.717, 1.165) is 53.1 Å². The minimum absolute atomic E-state index is 0.0374. The highest BCUT2D eigenvalue weighted by atomic mass is 32.1. The van der Waals surface area contributed by atoms with Gasteiger partial charge in [-0.15, -0.1) is 0 Å². The molecule has 1 aliphatic heterocycles. The van der Waals surface area contributed by atoms with Crippen LogP contribution in [0.4, 0.5) is 0 Å². The monoisotopic (exact) mass is 413 g/mol. The Morgan fingerprint density at radius 1 is 1.24 bits per heavy atom. The molecule has 29 heavy (non-hydrogen) atoms. The molecule has 4 rings (SSSR count). The van der Waals surface area contributed by atoms with E-state index in [0.29, 0.717) is 12.6 Å². The Balaban J connectivity index is 1.55. The number of pyridine rings is 1. The Morgan fingerprint density at radius 2 is 2.07 bits per heavy atom. The van der Waals surface area contributed by atoms with Crippen LogP contribution in [0.25, 0.3) is 10.9 Å². The first-order chi connectivity index (χ1) is 14.1. The summed E-state index contributed by atoms with van der Waals surface area (Å²) in [6, 6.07) is 8.54. The van der Waals surface area contributed by atoms with Crippen molar-refractivity contribution in [3.8, 4) is 0 Å². The molecule has 0 bridgehead atoms. The van der Waals surface area contributed by atoms with Gasteiger partial charge in [0.1, 0.15) is 0 Å². The molecule has 1 saturated carbocycles. The molecule has 1 aromatic heterocycles. The highest BCUT2D eigenvalue weighted by Crippen LogP contribution is 2.20. The molecule has 2 fully saturated rings. The predicted molar refractivity (Wildman–Crippen MR) is 121 cm³/mol. The molecule has 1 aliphatic carbocycles. The third kappa shape index (κ3) is 4.98. The number of para-hydroxylation sites is 1. The van der Waals surface area contributed by atoms with Crippen molar-refractivity contribution in [3.05, 3.63) is 45.7 Å². The predicted octanol–water partition coefficient (Wildman–Crippen LogP) is 4.02. The van der Waals surface area contributed by atoms with Gasteiger partial charge in [-0.1, -0.05) is 37.5 Å². The van der Waals surface area contributed by atoms with Gasteiger partial charge in [0, 0.05) is 24.8 Å². The molecule has 2 heterocycles. The largest absolute Gasteiger partial charge is 0.376 e. The third-order valence-corrected chi connectivity index (χ3v) is 6.57. The molecule has 0 unspecified atom stereocenters. The zero-order valence-electron chi connectivity index (χ0n) is 17.2. The van der Waals surface area contributed by atoms with Gasteiger partial charge in [0.2, 0.25) is 0 Å². The van der Waals surface area contributed by atoms with E-state index in [9.17, 15) is 4.79 Å². The number of nitrogens with zero attached hydrogens (tertiary/aromatic N) is 1. The molecule has 6 heteroatoms. The van der Waals surface area contributed by atoms with E-state index < -0.39 is 0 Å². The van der Waals surface area contributed by atoms with Crippen LogP contribution in [0.1, 0.15) is 56.1 Å². The maximum Gasteiger partial charge on any atom is 0.253 e. The van der Waals surface area contributed by atoms with Crippen molar-refractivity contribution in [1.29, 1.82) is 0 Å². The Kier molecular flexibility index (Phi) is 6.50. The second kappa shape index (κ2) is 9.26. The molecular weight excluding hydrogens is 382 g/mol. The van der Waals surface area contributed by atoms with Crippen molar-refractivity contribution >= 4 is 28.2 Å². The number of aromatic nitrogens is 1. The highest BCUT2D eigenvalue weighted by molar-refractivity contribution is 7.80. The zero-order chi connectivity index (χ0) is 20.2. The van der Waals surface area contributed by atoms with Crippen molar-refractivity contribution in [2.75, 3.05) is 13.2 Å². The summed E-state index contributed by atoms with van der Waals surface area (Å²) < 4.78 is 5.86. The Hall–Kier alpha value is -1.92. The molecule has 156 valence electrons. The van der Waals surface area contributed by atoms with E-state index >= 15 is 0 Å². The number of aryl methyl sites for hydroxylation is 1. The van der Waals surface area contributed by atoms with Crippen LogP contribution in [0, 0.1) is 6.92 Å². The number of hydrogen-bond donors (Lipinski definition) is 2. The topological polar surface area (TPSA) is 57.4 Å². The zero-order valence-corrected chi connectivity index (χ0v) is 18.0. The van der Waals surface area contributed by atoms with Gasteiger partial charge in [0.25, 0.3) is 5.56 Å². The standard InChI is InChI=1S/C23H31N3O2S/c1-16-7-5-8-17-13-18(22(27)25-21(16)17)14-26(15-20-11-6-12-28-20)23(29)24-19-9-3-2-4-10-19/h5,7-8,13,19-20H,2-4,6,9-12,14-15H2,1H3,(H,24,29)(H,25,27)/t20-/m0/s1. The van der Waals surface area contributed by atoms with Gasteiger partial charge in [-0.3, -0.25) is 4.79 Å². The fraction of sp³-hybridized carbons (Fsp3) is 0.565. The molecule has 0 spiro atoms. The van der Waals surface area contributed by atoms with E-state index in [-0.39, 0.29) is 11.7 Å². The first-order valence-electron chi connectivity index (χ1n) is 10.9. The number of benzene rings is 1. The van der Waals surface area contributed by atoms with Gasteiger partial charge in [0.05, 0.1) is 18.2 Å². The number of aromatic amines is 1. The van der Waals surface area contributed by atoms with Crippen molar-refractivity contribution in [1.82, 2.24) is 15.2 Å². The van der Waals surface area contributed by atoms with Gasteiger partial charge in [0.15, 0.2) is 5.11 Å². The van der Waals surface area contributed by atoms with E-state index in [2.05, 4.69) is 15.2 Å². The normalized spacial score (nSPS) is 20.1. The summed E-state index contributed by atoms with van der Waals surface area (Å²) in [6.07, 6.45) is 8.50. The summed E-state index contributed by atoms with van der Waals surface area (Å²) in [5.41, 5.74) is 2.70. The van der Waals surface area contributed by atoms with E-state index in [1.807, 2.05) is 31.2 Å². The van der Waals surface area contributed by atoms with Crippen LogP contribution >= 0.6 is 12.2 Å². The summed E-state index contributed by atoms with van der Waals surface area (Å²) >= 11 is 5.80.